The fraction of sp³-hybridized carbons (Fsp3) is 0.955. The Morgan fingerprint density at radius 1 is 1.14 bits per heavy atom. The summed E-state index contributed by atoms with van der Waals surface area (Å²) >= 11 is 0. The number of aliphatic imine (C=N–C) groups is 1. The van der Waals surface area contributed by atoms with Crippen molar-refractivity contribution in [1.29, 1.82) is 0 Å². The predicted molar refractivity (Wildman–Crippen MR) is 119 cm³/mol. The van der Waals surface area contributed by atoms with Crippen LogP contribution in [0.4, 0.5) is 0 Å². The normalized spacial score (nSPS) is 26.9. The SMILES string of the molecule is CCNC(=NCC(C)N1CCN(CC)CC1)NCC1CCCOC1C(C)(C)C. The van der Waals surface area contributed by atoms with E-state index in [1.165, 1.54) is 19.5 Å². The third-order valence-electron chi connectivity index (χ3n) is 6.17. The van der Waals surface area contributed by atoms with Crippen LogP contribution in [0.25, 0.3) is 0 Å². The number of ether oxygens (including phenoxy) is 1. The van der Waals surface area contributed by atoms with Crippen LogP contribution >= 0.6 is 0 Å². The zero-order chi connectivity index (χ0) is 20.6. The Bertz CT molecular complexity index is 468. The number of guanidine groups is 1. The zero-order valence-corrected chi connectivity index (χ0v) is 19.3. The third kappa shape index (κ3) is 7.20. The summed E-state index contributed by atoms with van der Waals surface area (Å²) in [5.74, 6) is 1.48. The first-order chi connectivity index (χ1) is 13.3. The molecule has 6 nitrogen and oxygen atoms in total. The van der Waals surface area contributed by atoms with Gasteiger partial charge in [0.15, 0.2) is 5.96 Å². The van der Waals surface area contributed by atoms with Crippen molar-refractivity contribution in [2.45, 2.75) is 66.5 Å². The van der Waals surface area contributed by atoms with Gasteiger partial charge in [0, 0.05) is 57.8 Å². The molecule has 0 saturated carbocycles. The summed E-state index contributed by atoms with van der Waals surface area (Å²) in [5, 5.41) is 7.02. The third-order valence-corrected chi connectivity index (χ3v) is 6.17. The summed E-state index contributed by atoms with van der Waals surface area (Å²) in [6.07, 6.45) is 2.70. The lowest BCUT2D eigenvalue weighted by Crippen LogP contribution is -2.50. The number of nitrogens with zero attached hydrogens (tertiary/aromatic N) is 3. The Balaban J connectivity index is 1.86. The second kappa shape index (κ2) is 11.4. The molecule has 0 aliphatic carbocycles. The minimum absolute atomic E-state index is 0.178. The van der Waals surface area contributed by atoms with Gasteiger partial charge in [0.2, 0.25) is 0 Å². The van der Waals surface area contributed by atoms with E-state index < -0.39 is 0 Å². The largest absolute Gasteiger partial charge is 0.377 e. The zero-order valence-electron chi connectivity index (χ0n) is 19.3. The van der Waals surface area contributed by atoms with E-state index in [0.29, 0.717) is 18.1 Å². The molecule has 2 aliphatic heterocycles. The molecule has 3 unspecified atom stereocenters. The minimum atomic E-state index is 0.178. The smallest absolute Gasteiger partial charge is 0.191 e. The van der Waals surface area contributed by atoms with Crippen LogP contribution in [0.5, 0.6) is 0 Å². The van der Waals surface area contributed by atoms with Crippen LogP contribution in [-0.4, -0.2) is 86.9 Å². The van der Waals surface area contributed by atoms with Gasteiger partial charge in [-0.25, -0.2) is 0 Å². The number of piperazine rings is 1. The van der Waals surface area contributed by atoms with Crippen molar-refractivity contribution in [2.75, 3.05) is 59.0 Å². The lowest BCUT2D eigenvalue weighted by molar-refractivity contribution is -0.0835. The lowest BCUT2D eigenvalue weighted by atomic mass is 9.78. The second-order valence-corrected chi connectivity index (χ2v) is 9.48. The molecule has 0 spiro atoms. The first kappa shape index (κ1) is 23.4. The van der Waals surface area contributed by atoms with Crippen LogP contribution < -0.4 is 10.6 Å². The highest BCUT2D eigenvalue weighted by atomic mass is 16.5. The molecule has 2 aliphatic rings. The Labute approximate surface area is 173 Å². The fourth-order valence-electron chi connectivity index (χ4n) is 4.44. The fourth-order valence-corrected chi connectivity index (χ4v) is 4.44. The van der Waals surface area contributed by atoms with Crippen LogP contribution in [0.1, 0.15) is 54.4 Å². The van der Waals surface area contributed by atoms with Gasteiger partial charge >= 0.3 is 0 Å². The van der Waals surface area contributed by atoms with Crippen molar-refractivity contribution in [3.63, 3.8) is 0 Å². The molecule has 0 aromatic rings. The van der Waals surface area contributed by atoms with E-state index in [-0.39, 0.29) is 5.41 Å². The maximum Gasteiger partial charge on any atom is 0.191 e. The van der Waals surface area contributed by atoms with Crippen LogP contribution in [-0.2, 0) is 4.74 Å². The highest BCUT2D eigenvalue weighted by molar-refractivity contribution is 5.79. The molecule has 2 fully saturated rings. The van der Waals surface area contributed by atoms with Gasteiger partial charge in [-0.05, 0) is 38.6 Å². The maximum absolute atomic E-state index is 6.13. The number of hydrogen-bond donors (Lipinski definition) is 2. The quantitative estimate of drug-likeness (QED) is 0.512. The summed E-state index contributed by atoms with van der Waals surface area (Å²) in [5.41, 5.74) is 0.178. The molecule has 0 aromatic carbocycles. The topological polar surface area (TPSA) is 52.1 Å². The van der Waals surface area contributed by atoms with Gasteiger partial charge in [-0.15, -0.1) is 0 Å². The number of likely N-dealkylation sites (N-methyl/N-ethyl adjacent to an activating group) is 1. The predicted octanol–water partition coefficient (Wildman–Crippen LogP) is 2.41. The molecule has 0 aromatic heterocycles. The molecule has 0 radical (unpaired) electrons. The van der Waals surface area contributed by atoms with Gasteiger partial charge in [-0.1, -0.05) is 27.7 Å². The summed E-state index contributed by atoms with van der Waals surface area (Å²) in [7, 11) is 0. The summed E-state index contributed by atoms with van der Waals surface area (Å²) in [6.45, 7) is 22.9. The molecule has 2 N–H and O–H groups in total. The maximum atomic E-state index is 6.13. The molecule has 28 heavy (non-hydrogen) atoms. The molecule has 2 rings (SSSR count). The highest BCUT2D eigenvalue weighted by Gasteiger charge is 2.35. The van der Waals surface area contributed by atoms with Crippen molar-refractivity contribution in [1.82, 2.24) is 20.4 Å². The van der Waals surface area contributed by atoms with Crippen LogP contribution in [0.15, 0.2) is 4.99 Å². The van der Waals surface area contributed by atoms with E-state index in [9.17, 15) is 0 Å². The monoisotopic (exact) mass is 395 g/mol. The van der Waals surface area contributed by atoms with E-state index in [0.717, 1.165) is 58.3 Å². The first-order valence-corrected chi connectivity index (χ1v) is 11.4. The average Bonchev–Trinajstić information content (AvgIpc) is 2.69. The van der Waals surface area contributed by atoms with E-state index in [1.807, 2.05) is 0 Å². The number of rotatable bonds is 7. The summed E-state index contributed by atoms with van der Waals surface area (Å²) < 4.78 is 6.13. The van der Waals surface area contributed by atoms with Crippen LogP contribution in [0, 0.1) is 11.3 Å². The molecule has 3 atom stereocenters. The Kier molecular flexibility index (Phi) is 9.51. The van der Waals surface area contributed by atoms with Crippen LogP contribution in [0.2, 0.25) is 0 Å². The van der Waals surface area contributed by atoms with Crippen molar-refractivity contribution in [2.24, 2.45) is 16.3 Å². The van der Waals surface area contributed by atoms with E-state index in [2.05, 4.69) is 62.0 Å². The highest BCUT2D eigenvalue weighted by Crippen LogP contribution is 2.33. The van der Waals surface area contributed by atoms with E-state index >= 15 is 0 Å². The molecule has 2 heterocycles. The van der Waals surface area contributed by atoms with Gasteiger partial charge in [0.05, 0.1) is 12.6 Å². The Morgan fingerprint density at radius 3 is 2.46 bits per heavy atom. The van der Waals surface area contributed by atoms with Crippen molar-refractivity contribution in [3.8, 4) is 0 Å². The number of nitrogens with one attached hydrogen (secondary N) is 2. The molecular formula is C22H45N5O. The average molecular weight is 396 g/mol. The molecular weight excluding hydrogens is 350 g/mol. The van der Waals surface area contributed by atoms with Gasteiger partial charge in [0.25, 0.3) is 0 Å². The molecule has 6 heteroatoms. The van der Waals surface area contributed by atoms with Gasteiger partial charge in [-0.3, -0.25) is 9.89 Å². The Hall–Kier alpha value is -0.850. The van der Waals surface area contributed by atoms with Crippen molar-refractivity contribution in [3.05, 3.63) is 0 Å². The first-order valence-electron chi connectivity index (χ1n) is 11.4. The molecule has 164 valence electrons. The molecule has 0 amide bonds. The molecule has 2 saturated heterocycles. The second-order valence-electron chi connectivity index (χ2n) is 9.48. The minimum Gasteiger partial charge on any atom is -0.377 e. The van der Waals surface area contributed by atoms with Crippen LogP contribution in [0.3, 0.4) is 0 Å². The summed E-state index contributed by atoms with van der Waals surface area (Å²) in [4.78, 5) is 9.99. The van der Waals surface area contributed by atoms with E-state index in [1.54, 1.807) is 0 Å². The Morgan fingerprint density at radius 2 is 1.86 bits per heavy atom. The molecule has 0 bridgehead atoms. The standard InChI is InChI=1S/C22H45N5O/c1-7-23-21(24-16-18(3)27-13-11-26(8-2)12-14-27)25-17-19-10-9-15-28-20(19)22(4,5)6/h18-20H,7-17H2,1-6H3,(H2,23,24,25). The van der Waals surface area contributed by atoms with Crippen molar-refractivity contribution >= 4 is 5.96 Å². The van der Waals surface area contributed by atoms with Gasteiger partial charge in [-0.2, -0.15) is 0 Å². The van der Waals surface area contributed by atoms with Gasteiger partial charge in [0.1, 0.15) is 0 Å². The summed E-state index contributed by atoms with van der Waals surface area (Å²) in [6, 6.07) is 0.481. The van der Waals surface area contributed by atoms with Gasteiger partial charge < -0.3 is 20.3 Å². The lowest BCUT2D eigenvalue weighted by Gasteiger charge is -2.40. The van der Waals surface area contributed by atoms with E-state index in [4.69, 9.17) is 9.73 Å². The van der Waals surface area contributed by atoms with Crippen molar-refractivity contribution < 1.29 is 4.74 Å². The number of hydrogen-bond acceptors (Lipinski definition) is 4.